The van der Waals surface area contributed by atoms with Crippen LogP contribution < -0.4 is 0 Å². The Labute approximate surface area is 174 Å². The highest BCUT2D eigenvalue weighted by Gasteiger charge is 2.32. The van der Waals surface area contributed by atoms with Gasteiger partial charge in [-0.25, -0.2) is 0 Å². The lowest BCUT2D eigenvalue weighted by atomic mass is 10.00. The minimum atomic E-state index is -0.120. The van der Waals surface area contributed by atoms with Crippen LogP contribution in [0.1, 0.15) is 33.3 Å². The number of thiophene rings is 1. The quantitative estimate of drug-likeness (QED) is 0.446. The lowest BCUT2D eigenvalue weighted by Crippen LogP contribution is -2.35. The molecule has 1 amide bonds. The molecule has 0 saturated carbocycles. The first kappa shape index (κ1) is 18.0. The molecule has 2 aromatic carbocycles. The Kier molecular flexibility index (Phi) is 4.57. The topological polar surface area (TPSA) is 25.2 Å². The van der Waals surface area contributed by atoms with Crippen LogP contribution in [0, 0.1) is 6.92 Å². The van der Waals surface area contributed by atoms with Gasteiger partial charge in [-0.05, 0) is 47.7 Å². The van der Waals surface area contributed by atoms with Crippen molar-refractivity contribution in [1.82, 2.24) is 9.47 Å². The number of rotatable bonds is 3. The van der Waals surface area contributed by atoms with E-state index < -0.39 is 0 Å². The first-order chi connectivity index (χ1) is 14.2. The summed E-state index contributed by atoms with van der Waals surface area (Å²) in [6.45, 7) is 2.69. The fourth-order valence-corrected chi connectivity index (χ4v) is 4.84. The highest BCUT2D eigenvalue weighted by molar-refractivity contribution is 7.10. The fraction of sp³-hybridized carbons (Fsp3) is 0.160. The lowest BCUT2D eigenvalue weighted by Gasteiger charge is -2.31. The van der Waals surface area contributed by atoms with E-state index in [1.54, 1.807) is 11.3 Å². The van der Waals surface area contributed by atoms with E-state index in [1.807, 2.05) is 22.4 Å². The predicted octanol–water partition coefficient (Wildman–Crippen LogP) is 5.52. The Morgan fingerprint density at radius 3 is 2.62 bits per heavy atom. The van der Waals surface area contributed by atoms with E-state index in [9.17, 15) is 4.79 Å². The summed E-state index contributed by atoms with van der Waals surface area (Å²) in [7, 11) is 0. The van der Waals surface area contributed by atoms with Crippen LogP contribution in [0.2, 0.25) is 0 Å². The molecule has 4 aromatic rings. The monoisotopic (exact) mass is 398 g/mol. The van der Waals surface area contributed by atoms with E-state index in [2.05, 4.69) is 78.4 Å². The van der Waals surface area contributed by atoms with Gasteiger partial charge in [0.1, 0.15) is 0 Å². The van der Waals surface area contributed by atoms with E-state index in [0.717, 1.165) is 21.8 Å². The fourth-order valence-electron chi connectivity index (χ4n) is 4.15. The van der Waals surface area contributed by atoms with Gasteiger partial charge in [0.15, 0.2) is 0 Å². The summed E-state index contributed by atoms with van der Waals surface area (Å²) in [6.07, 6.45) is 2.53. The van der Waals surface area contributed by atoms with Crippen LogP contribution in [-0.4, -0.2) is 15.4 Å². The Morgan fingerprint density at radius 1 is 1.00 bits per heavy atom. The van der Waals surface area contributed by atoms with Gasteiger partial charge in [0, 0.05) is 23.3 Å². The van der Waals surface area contributed by atoms with E-state index in [-0.39, 0.29) is 11.9 Å². The zero-order chi connectivity index (χ0) is 19.8. The minimum absolute atomic E-state index is 0.120. The number of benzene rings is 2. The molecule has 4 heteroatoms. The van der Waals surface area contributed by atoms with E-state index in [1.165, 1.54) is 11.1 Å². The van der Waals surface area contributed by atoms with Crippen LogP contribution in [0.3, 0.4) is 0 Å². The van der Waals surface area contributed by atoms with Gasteiger partial charge in [-0.15, -0.1) is 11.3 Å². The Morgan fingerprint density at radius 2 is 1.83 bits per heavy atom. The molecule has 144 valence electrons. The molecule has 0 aliphatic carbocycles. The van der Waals surface area contributed by atoms with Crippen molar-refractivity contribution in [2.24, 2.45) is 0 Å². The van der Waals surface area contributed by atoms with Crippen molar-refractivity contribution in [3.05, 3.63) is 112 Å². The summed E-state index contributed by atoms with van der Waals surface area (Å²) in [6, 6.07) is 25.1. The number of hydrogen-bond acceptors (Lipinski definition) is 2. The maximum Gasteiger partial charge on any atom is 0.228 e. The van der Waals surface area contributed by atoms with Gasteiger partial charge in [0.05, 0.1) is 18.2 Å². The zero-order valence-corrected chi connectivity index (χ0v) is 17.1. The summed E-state index contributed by atoms with van der Waals surface area (Å²) in [5, 5.41) is 2.03. The molecule has 1 aliphatic heterocycles. The Balaban J connectivity index is 1.65. The van der Waals surface area contributed by atoms with Crippen molar-refractivity contribution >= 4 is 17.2 Å². The number of fused-ring (bicyclic) bond motifs is 3. The Hall–Kier alpha value is -3.11. The molecule has 1 aliphatic rings. The maximum absolute atomic E-state index is 13.5. The van der Waals surface area contributed by atoms with E-state index in [4.69, 9.17) is 0 Å². The Bertz CT molecular complexity index is 1140. The number of carbonyl (C=O) groups is 1. The zero-order valence-electron chi connectivity index (χ0n) is 16.3. The molecule has 0 radical (unpaired) electrons. The van der Waals surface area contributed by atoms with Gasteiger partial charge in [-0.3, -0.25) is 4.79 Å². The second-order valence-corrected chi connectivity index (χ2v) is 8.56. The number of hydrogen-bond donors (Lipinski definition) is 0. The van der Waals surface area contributed by atoms with Crippen molar-refractivity contribution in [3.8, 4) is 5.69 Å². The molecular weight excluding hydrogens is 376 g/mol. The molecule has 5 rings (SSSR count). The van der Waals surface area contributed by atoms with Crippen molar-refractivity contribution in [2.45, 2.75) is 25.9 Å². The molecule has 0 spiro atoms. The van der Waals surface area contributed by atoms with Gasteiger partial charge < -0.3 is 9.47 Å². The summed E-state index contributed by atoms with van der Waals surface area (Å²) < 4.78 is 2.23. The highest BCUT2D eigenvalue weighted by Crippen LogP contribution is 2.37. The average molecular weight is 399 g/mol. The maximum atomic E-state index is 13.5. The number of aryl methyl sites for hydroxylation is 1. The summed E-state index contributed by atoms with van der Waals surface area (Å²) in [5.74, 6) is 0.155. The summed E-state index contributed by atoms with van der Waals surface area (Å²) in [4.78, 5) is 16.7. The largest absolute Gasteiger partial charge is 0.325 e. The van der Waals surface area contributed by atoms with Gasteiger partial charge in [-0.2, -0.15) is 0 Å². The molecule has 1 atom stereocenters. The third-order valence-electron chi connectivity index (χ3n) is 5.58. The first-order valence-electron chi connectivity index (χ1n) is 9.84. The molecule has 0 saturated heterocycles. The van der Waals surface area contributed by atoms with Gasteiger partial charge in [0.2, 0.25) is 5.91 Å². The predicted molar refractivity (Wildman–Crippen MR) is 117 cm³/mol. The first-order valence-corrected chi connectivity index (χ1v) is 10.7. The third-order valence-corrected chi connectivity index (χ3v) is 6.46. The average Bonchev–Trinajstić information content (AvgIpc) is 3.39. The lowest BCUT2D eigenvalue weighted by molar-refractivity contribution is -0.132. The van der Waals surface area contributed by atoms with Gasteiger partial charge >= 0.3 is 0 Å². The molecule has 0 unspecified atom stereocenters. The van der Waals surface area contributed by atoms with Crippen LogP contribution >= 0.6 is 11.3 Å². The van der Waals surface area contributed by atoms with Crippen molar-refractivity contribution in [2.75, 3.05) is 0 Å². The van der Waals surface area contributed by atoms with Crippen LogP contribution in [0.5, 0.6) is 0 Å². The van der Waals surface area contributed by atoms with E-state index in [0.29, 0.717) is 13.0 Å². The SMILES string of the molecule is Cc1ccc([C@@H]2c3cccn3-c3ccccc3CN2C(=O)Cc2cccs2)cc1. The van der Waals surface area contributed by atoms with Crippen molar-refractivity contribution < 1.29 is 4.79 Å². The number of carbonyl (C=O) groups excluding carboxylic acids is 1. The second kappa shape index (κ2) is 7.37. The molecule has 3 heterocycles. The molecule has 2 aromatic heterocycles. The molecule has 0 fully saturated rings. The number of aromatic nitrogens is 1. The van der Waals surface area contributed by atoms with Gasteiger partial charge in [0.25, 0.3) is 0 Å². The normalized spacial score (nSPS) is 15.5. The standard InChI is InChI=1S/C25H22N2OS/c1-18-10-12-19(13-11-18)25-23-9-4-14-26(23)22-8-3-2-6-20(22)17-27(25)24(28)16-21-7-5-15-29-21/h2-15,25H,16-17H2,1H3/t25-/m1/s1. The number of nitrogens with zero attached hydrogens (tertiary/aromatic N) is 2. The smallest absolute Gasteiger partial charge is 0.228 e. The van der Waals surface area contributed by atoms with Crippen LogP contribution in [0.4, 0.5) is 0 Å². The highest BCUT2D eigenvalue weighted by atomic mass is 32.1. The molecule has 0 bridgehead atoms. The van der Waals surface area contributed by atoms with E-state index >= 15 is 0 Å². The number of para-hydroxylation sites is 1. The molecular formula is C25H22N2OS. The molecule has 3 nitrogen and oxygen atoms in total. The van der Waals surface area contributed by atoms with Crippen LogP contribution in [0.15, 0.2) is 84.4 Å². The van der Waals surface area contributed by atoms with Crippen molar-refractivity contribution in [3.63, 3.8) is 0 Å². The van der Waals surface area contributed by atoms with Crippen LogP contribution in [-0.2, 0) is 17.8 Å². The minimum Gasteiger partial charge on any atom is -0.325 e. The summed E-state index contributed by atoms with van der Waals surface area (Å²) >= 11 is 1.64. The third kappa shape index (κ3) is 3.30. The van der Waals surface area contributed by atoms with Gasteiger partial charge in [-0.1, -0.05) is 54.1 Å². The van der Waals surface area contributed by atoms with Crippen molar-refractivity contribution in [1.29, 1.82) is 0 Å². The molecule has 29 heavy (non-hydrogen) atoms. The number of amides is 1. The molecule has 0 N–H and O–H groups in total. The second-order valence-electron chi connectivity index (χ2n) is 7.52. The van der Waals surface area contributed by atoms with Crippen LogP contribution in [0.25, 0.3) is 5.69 Å². The summed E-state index contributed by atoms with van der Waals surface area (Å²) in [5.41, 5.74) is 5.80.